The van der Waals surface area contributed by atoms with Gasteiger partial charge in [-0.25, -0.2) is 9.69 Å². The number of methoxy groups -OCH3 is 1. The van der Waals surface area contributed by atoms with Gasteiger partial charge in [-0.1, -0.05) is 30.3 Å². The Hall–Kier alpha value is -3.68. The monoisotopic (exact) mass is 407 g/mol. The standard InChI is InChI=1S/C22H21N3O5/c1-4-30-22(28)18-17-19(25(23-18)14-10-6-5-9-13(14)2)21(27)24(20(17)26)15-11-7-8-12-16(15)29-3/h5-12,17,19H,4H2,1-3H3/t17-,19+/m0/s1. The number of rotatable bonds is 5. The van der Waals surface area contributed by atoms with Crippen molar-refractivity contribution >= 4 is 34.9 Å². The molecule has 0 N–H and O–H groups in total. The van der Waals surface area contributed by atoms with E-state index in [0.29, 0.717) is 17.1 Å². The number of carbonyl (C=O) groups is 3. The van der Waals surface area contributed by atoms with Crippen molar-refractivity contribution in [2.24, 2.45) is 11.0 Å². The maximum atomic E-state index is 13.5. The van der Waals surface area contributed by atoms with Crippen LogP contribution in [0.1, 0.15) is 12.5 Å². The van der Waals surface area contributed by atoms with E-state index in [4.69, 9.17) is 9.47 Å². The molecule has 2 atom stereocenters. The van der Waals surface area contributed by atoms with E-state index < -0.39 is 29.7 Å². The number of amides is 2. The van der Waals surface area contributed by atoms with Crippen LogP contribution in [0.2, 0.25) is 0 Å². The second-order valence-corrected chi connectivity index (χ2v) is 6.94. The van der Waals surface area contributed by atoms with Gasteiger partial charge in [0.15, 0.2) is 5.71 Å². The Kier molecular flexibility index (Phi) is 4.99. The van der Waals surface area contributed by atoms with E-state index in [1.54, 1.807) is 37.3 Å². The Labute approximate surface area is 173 Å². The number of ether oxygens (including phenoxy) is 2. The number of carbonyl (C=O) groups excluding carboxylic acids is 3. The second-order valence-electron chi connectivity index (χ2n) is 6.94. The van der Waals surface area contributed by atoms with Crippen LogP contribution in [0, 0.1) is 12.8 Å². The van der Waals surface area contributed by atoms with Gasteiger partial charge in [0.05, 0.1) is 25.1 Å². The fourth-order valence-corrected chi connectivity index (χ4v) is 3.86. The molecule has 0 saturated carbocycles. The van der Waals surface area contributed by atoms with Crippen LogP contribution in [0.5, 0.6) is 5.75 Å². The number of esters is 1. The molecule has 1 saturated heterocycles. The lowest BCUT2D eigenvalue weighted by Gasteiger charge is -2.24. The Balaban J connectivity index is 1.83. The van der Waals surface area contributed by atoms with Crippen LogP contribution >= 0.6 is 0 Å². The van der Waals surface area contributed by atoms with Crippen molar-refractivity contribution in [2.75, 3.05) is 23.6 Å². The highest BCUT2D eigenvalue weighted by molar-refractivity contribution is 6.47. The average molecular weight is 407 g/mol. The van der Waals surface area contributed by atoms with Gasteiger partial charge in [-0.3, -0.25) is 14.6 Å². The van der Waals surface area contributed by atoms with E-state index >= 15 is 0 Å². The molecule has 2 heterocycles. The van der Waals surface area contributed by atoms with E-state index in [1.165, 1.54) is 12.1 Å². The largest absolute Gasteiger partial charge is 0.495 e. The minimum atomic E-state index is -1.05. The lowest BCUT2D eigenvalue weighted by Crippen LogP contribution is -2.39. The molecule has 0 bridgehead atoms. The molecule has 2 aromatic carbocycles. The van der Waals surface area contributed by atoms with Gasteiger partial charge >= 0.3 is 5.97 Å². The van der Waals surface area contributed by atoms with Crippen molar-refractivity contribution < 1.29 is 23.9 Å². The average Bonchev–Trinajstić information content (AvgIpc) is 3.25. The lowest BCUT2D eigenvalue weighted by atomic mass is 9.97. The topological polar surface area (TPSA) is 88.5 Å². The molecule has 8 nitrogen and oxygen atoms in total. The fourth-order valence-electron chi connectivity index (χ4n) is 3.86. The van der Waals surface area contributed by atoms with Crippen LogP contribution < -0.4 is 14.6 Å². The Morgan fingerprint density at radius 2 is 1.70 bits per heavy atom. The molecule has 30 heavy (non-hydrogen) atoms. The summed E-state index contributed by atoms with van der Waals surface area (Å²) in [5, 5.41) is 5.83. The van der Waals surface area contributed by atoms with Crippen molar-refractivity contribution in [3.05, 3.63) is 54.1 Å². The summed E-state index contributed by atoms with van der Waals surface area (Å²) in [5.41, 5.74) is 1.77. The molecule has 2 aliphatic heterocycles. The van der Waals surface area contributed by atoms with Crippen LogP contribution in [0.25, 0.3) is 0 Å². The van der Waals surface area contributed by atoms with Gasteiger partial charge < -0.3 is 9.47 Å². The van der Waals surface area contributed by atoms with Gasteiger partial charge in [0.2, 0.25) is 5.91 Å². The minimum absolute atomic E-state index is 0.0687. The zero-order valence-electron chi connectivity index (χ0n) is 16.9. The first kappa shape index (κ1) is 19.6. The van der Waals surface area contributed by atoms with Crippen molar-refractivity contribution in [1.82, 2.24) is 0 Å². The summed E-state index contributed by atoms with van der Waals surface area (Å²) in [4.78, 5) is 40.5. The van der Waals surface area contributed by atoms with Crippen molar-refractivity contribution in [3.63, 3.8) is 0 Å². The van der Waals surface area contributed by atoms with Crippen molar-refractivity contribution in [3.8, 4) is 5.75 Å². The number of hydrogen-bond acceptors (Lipinski definition) is 7. The summed E-state index contributed by atoms with van der Waals surface area (Å²) >= 11 is 0. The summed E-state index contributed by atoms with van der Waals surface area (Å²) in [6.07, 6.45) is 0. The Morgan fingerprint density at radius 1 is 1.03 bits per heavy atom. The molecular weight excluding hydrogens is 386 g/mol. The number of nitrogens with zero attached hydrogens (tertiary/aromatic N) is 3. The minimum Gasteiger partial charge on any atom is -0.495 e. The molecule has 2 aromatic rings. The summed E-state index contributed by atoms with van der Waals surface area (Å²) in [7, 11) is 1.47. The van der Waals surface area contributed by atoms with E-state index in [-0.39, 0.29) is 12.3 Å². The zero-order chi connectivity index (χ0) is 21.4. The number of fused-ring (bicyclic) bond motifs is 1. The van der Waals surface area contributed by atoms with Crippen LogP contribution in [0.3, 0.4) is 0 Å². The van der Waals surface area contributed by atoms with Gasteiger partial charge in [-0.15, -0.1) is 0 Å². The van der Waals surface area contributed by atoms with Crippen molar-refractivity contribution in [1.29, 1.82) is 0 Å². The molecule has 4 rings (SSSR count). The number of anilines is 2. The van der Waals surface area contributed by atoms with E-state index in [9.17, 15) is 14.4 Å². The van der Waals surface area contributed by atoms with E-state index in [1.807, 2.05) is 25.1 Å². The van der Waals surface area contributed by atoms with Gasteiger partial charge in [-0.2, -0.15) is 5.10 Å². The van der Waals surface area contributed by atoms with Crippen LogP contribution in [0.15, 0.2) is 53.6 Å². The molecule has 0 aliphatic carbocycles. The van der Waals surface area contributed by atoms with Crippen LogP contribution in [0.4, 0.5) is 11.4 Å². The molecule has 8 heteroatoms. The SMILES string of the molecule is CCOC(=O)C1=NN(c2ccccc2C)[C@H]2C(=O)N(c3ccccc3OC)C(=O)[C@@H]12. The maximum absolute atomic E-state index is 13.5. The lowest BCUT2D eigenvalue weighted by molar-refractivity contribution is -0.136. The third-order valence-electron chi connectivity index (χ3n) is 5.22. The first-order chi connectivity index (χ1) is 14.5. The Morgan fingerprint density at radius 3 is 2.37 bits per heavy atom. The highest BCUT2D eigenvalue weighted by Gasteiger charge is 2.59. The molecule has 0 aromatic heterocycles. The normalized spacial score (nSPS) is 20.3. The summed E-state index contributed by atoms with van der Waals surface area (Å²) in [6.45, 7) is 3.69. The molecule has 0 radical (unpaired) electrons. The molecule has 2 aliphatic rings. The first-order valence-corrected chi connectivity index (χ1v) is 9.60. The predicted octanol–water partition coefficient (Wildman–Crippen LogP) is 2.30. The number of aryl methyl sites for hydroxylation is 1. The number of imide groups is 1. The fraction of sp³-hybridized carbons (Fsp3) is 0.273. The summed E-state index contributed by atoms with van der Waals surface area (Å²) in [5.74, 6) is -2.37. The molecule has 2 amide bonds. The maximum Gasteiger partial charge on any atom is 0.355 e. The Bertz CT molecular complexity index is 1060. The van der Waals surface area contributed by atoms with E-state index in [0.717, 1.165) is 10.5 Å². The van der Waals surface area contributed by atoms with Gasteiger partial charge in [0.25, 0.3) is 5.91 Å². The molecule has 154 valence electrons. The third-order valence-corrected chi connectivity index (χ3v) is 5.22. The predicted molar refractivity (Wildman–Crippen MR) is 110 cm³/mol. The molecule has 0 unspecified atom stereocenters. The van der Waals surface area contributed by atoms with Gasteiger partial charge in [0.1, 0.15) is 17.7 Å². The number of para-hydroxylation sites is 3. The quantitative estimate of drug-likeness (QED) is 0.558. The highest BCUT2D eigenvalue weighted by atomic mass is 16.5. The number of hydrogen-bond donors (Lipinski definition) is 0. The van der Waals surface area contributed by atoms with E-state index in [2.05, 4.69) is 5.10 Å². The highest BCUT2D eigenvalue weighted by Crippen LogP contribution is 2.41. The van der Waals surface area contributed by atoms with Gasteiger partial charge in [0, 0.05) is 0 Å². The first-order valence-electron chi connectivity index (χ1n) is 9.60. The summed E-state index contributed by atoms with van der Waals surface area (Å²) < 4.78 is 10.5. The second kappa shape index (κ2) is 7.62. The number of hydrazone groups is 1. The van der Waals surface area contributed by atoms with Crippen LogP contribution in [-0.2, 0) is 19.1 Å². The molecular formula is C22H21N3O5. The molecule has 1 fully saturated rings. The molecule has 0 spiro atoms. The smallest absolute Gasteiger partial charge is 0.355 e. The van der Waals surface area contributed by atoms with Crippen LogP contribution in [-0.4, -0.2) is 43.3 Å². The summed E-state index contributed by atoms with van der Waals surface area (Å²) in [6, 6.07) is 13.2. The van der Waals surface area contributed by atoms with Gasteiger partial charge in [-0.05, 0) is 37.6 Å². The third kappa shape index (κ3) is 2.92. The number of benzene rings is 2. The zero-order valence-corrected chi connectivity index (χ0v) is 16.9. The van der Waals surface area contributed by atoms with Crippen molar-refractivity contribution in [2.45, 2.75) is 19.9 Å².